The van der Waals surface area contributed by atoms with Crippen LogP contribution in [0.1, 0.15) is 35.2 Å². The number of aliphatic hydroxyl groups is 1. The van der Waals surface area contributed by atoms with Gasteiger partial charge >= 0.3 is 0 Å². The quantitative estimate of drug-likeness (QED) is 0.624. The van der Waals surface area contributed by atoms with Crippen LogP contribution < -0.4 is 10.3 Å². The van der Waals surface area contributed by atoms with Crippen molar-refractivity contribution >= 4 is 21.6 Å². The number of methoxy groups -OCH3 is 1. The maximum atomic E-state index is 13.2. The molecule has 0 spiro atoms. The maximum Gasteiger partial charge on any atom is 0.262 e. The SMILES string of the molecule is COc1ccc(COC[C@H](O)Cn2c(C)nc3sc4c(c3c2=O)CC[C@H](C)C4)cc1. The van der Waals surface area contributed by atoms with Crippen LogP contribution in [0.4, 0.5) is 0 Å². The number of aryl methyl sites for hydroxylation is 2. The molecule has 2 atom stereocenters. The largest absolute Gasteiger partial charge is 0.497 e. The molecule has 0 radical (unpaired) electrons. The standard InChI is InChI=1S/C23H28N2O4S/c1-14-4-9-19-20(10-14)30-22-21(19)23(27)25(15(2)24-22)11-17(26)13-29-12-16-5-7-18(28-3)8-6-16/h5-8,14,17,26H,4,9-13H2,1-3H3/t14-,17+/m0/s1. The van der Waals surface area contributed by atoms with Crippen LogP contribution in [0.3, 0.4) is 0 Å². The van der Waals surface area contributed by atoms with Gasteiger partial charge in [0.05, 0.1) is 38.4 Å². The first-order valence-electron chi connectivity index (χ1n) is 10.4. The van der Waals surface area contributed by atoms with Crippen LogP contribution in [0, 0.1) is 12.8 Å². The van der Waals surface area contributed by atoms with E-state index < -0.39 is 6.10 Å². The Morgan fingerprint density at radius 1 is 1.33 bits per heavy atom. The van der Waals surface area contributed by atoms with Gasteiger partial charge in [-0.3, -0.25) is 9.36 Å². The van der Waals surface area contributed by atoms with Gasteiger partial charge in [-0.25, -0.2) is 4.98 Å². The fourth-order valence-corrected chi connectivity index (χ4v) is 5.46. The van der Waals surface area contributed by atoms with E-state index in [1.54, 1.807) is 23.0 Å². The molecule has 4 rings (SSSR count). The minimum absolute atomic E-state index is 0.0428. The first-order chi connectivity index (χ1) is 14.5. The third kappa shape index (κ3) is 4.29. The second-order valence-corrected chi connectivity index (χ2v) is 9.21. The molecule has 0 aliphatic heterocycles. The van der Waals surface area contributed by atoms with Crippen LogP contribution in [0.15, 0.2) is 29.1 Å². The summed E-state index contributed by atoms with van der Waals surface area (Å²) in [5.41, 5.74) is 2.13. The van der Waals surface area contributed by atoms with Crippen LogP contribution in [0.5, 0.6) is 5.75 Å². The highest BCUT2D eigenvalue weighted by atomic mass is 32.1. The summed E-state index contributed by atoms with van der Waals surface area (Å²) >= 11 is 1.65. The van der Waals surface area contributed by atoms with E-state index in [4.69, 9.17) is 9.47 Å². The first kappa shape index (κ1) is 21.0. The zero-order valence-electron chi connectivity index (χ0n) is 17.7. The fraction of sp³-hybridized carbons (Fsp3) is 0.478. The fourth-order valence-electron chi connectivity index (χ4n) is 4.04. The van der Waals surface area contributed by atoms with Gasteiger partial charge in [0, 0.05) is 4.88 Å². The number of hydrogen-bond donors (Lipinski definition) is 1. The molecule has 1 aliphatic rings. The summed E-state index contributed by atoms with van der Waals surface area (Å²) in [6.45, 7) is 4.80. The van der Waals surface area contributed by atoms with Gasteiger partial charge in [-0.15, -0.1) is 11.3 Å². The average Bonchev–Trinajstić information content (AvgIpc) is 3.08. The van der Waals surface area contributed by atoms with E-state index in [1.807, 2.05) is 31.2 Å². The van der Waals surface area contributed by atoms with E-state index >= 15 is 0 Å². The Morgan fingerprint density at radius 2 is 2.10 bits per heavy atom. The molecule has 0 amide bonds. The Kier molecular flexibility index (Phi) is 6.22. The lowest BCUT2D eigenvalue weighted by Gasteiger charge is -2.18. The highest BCUT2D eigenvalue weighted by molar-refractivity contribution is 7.18. The molecule has 7 heteroatoms. The summed E-state index contributed by atoms with van der Waals surface area (Å²) in [5, 5.41) is 11.2. The zero-order valence-corrected chi connectivity index (χ0v) is 18.5. The topological polar surface area (TPSA) is 73.6 Å². The summed E-state index contributed by atoms with van der Waals surface area (Å²) in [4.78, 5) is 20.0. The van der Waals surface area contributed by atoms with Crippen molar-refractivity contribution in [2.75, 3.05) is 13.7 Å². The van der Waals surface area contributed by atoms with Crippen molar-refractivity contribution in [3.63, 3.8) is 0 Å². The normalized spacial score (nSPS) is 17.1. The lowest BCUT2D eigenvalue weighted by molar-refractivity contribution is 0.0195. The third-order valence-corrected chi connectivity index (χ3v) is 6.89. The Morgan fingerprint density at radius 3 is 2.83 bits per heavy atom. The van der Waals surface area contributed by atoms with Gasteiger partial charge in [-0.1, -0.05) is 19.1 Å². The predicted molar refractivity (Wildman–Crippen MR) is 118 cm³/mol. The number of nitrogens with zero attached hydrogens (tertiary/aromatic N) is 2. The molecule has 2 aromatic heterocycles. The van der Waals surface area contributed by atoms with Crippen LogP contribution in [0.25, 0.3) is 10.2 Å². The molecule has 1 aliphatic carbocycles. The monoisotopic (exact) mass is 428 g/mol. The van der Waals surface area contributed by atoms with E-state index in [9.17, 15) is 9.90 Å². The Bertz CT molecular complexity index is 1090. The van der Waals surface area contributed by atoms with Crippen LogP contribution in [0.2, 0.25) is 0 Å². The molecule has 1 N–H and O–H groups in total. The third-order valence-electron chi connectivity index (χ3n) is 5.74. The van der Waals surface area contributed by atoms with Gasteiger partial charge in [-0.2, -0.15) is 0 Å². The number of aromatic nitrogens is 2. The molecule has 0 saturated carbocycles. The number of benzene rings is 1. The van der Waals surface area contributed by atoms with Crippen molar-refractivity contribution in [1.82, 2.24) is 9.55 Å². The van der Waals surface area contributed by atoms with Crippen molar-refractivity contribution in [3.05, 3.63) is 56.4 Å². The number of fused-ring (bicyclic) bond motifs is 3. The molecule has 0 saturated heterocycles. The van der Waals surface area contributed by atoms with Crippen LogP contribution in [-0.4, -0.2) is 34.5 Å². The average molecular weight is 429 g/mol. The van der Waals surface area contributed by atoms with Gasteiger partial charge in [0.1, 0.15) is 16.4 Å². The van der Waals surface area contributed by atoms with E-state index in [0.29, 0.717) is 18.3 Å². The molecule has 0 unspecified atom stereocenters. The number of rotatable bonds is 7. The van der Waals surface area contributed by atoms with Gasteiger partial charge < -0.3 is 14.6 Å². The molecule has 3 aromatic rings. The van der Waals surface area contributed by atoms with Crippen molar-refractivity contribution in [2.45, 2.75) is 52.4 Å². The van der Waals surface area contributed by atoms with Gasteiger partial charge in [0.25, 0.3) is 5.56 Å². The zero-order chi connectivity index (χ0) is 21.3. The summed E-state index contributed by atoms with van der Waals surface area (Å²) in [5.74, 6) is 2.08. The Hall–Kier alpha value is -2.22. The van der Waals surface area contributed by atoms with Crippen LogP contribution in [-0.2, 0) is 30.7 Å². The first-order valence-corrected chi connectivity index (χ1v) is 11.2. The van der Waals surface area contributed by atoms with Crippen molar-refractivity contribution in [2.24, 2.45) is 5.92 Å². The summed E-state index contributed by atoms with van der Waals surface area (Å²) < 4.78 is 12.4. The lowest BCUT2D eigenvalue weighted by Crippen LogP contribution is -2.31. The maximum absolute atomic E-state index is 13.2. The van der Waals surface area contributed by atoms with Crippen molar-refractivity contribution < 1.29 is 14.6 Å². The molecule has 2 heterocycles. The molecule has 6 nitrogen and oxygen atoms in total. The molecule has 1 aromatic carbocycles. The number of thiophene rings is 1. The van der Waals surface area contributed by atoms with E-state index in [-0.39, 0.29) is 18.7 Å². The second-order valence-electron chi connectivity index (χ2n) is 8.12. The van der Waals surface area contributed by atoms with Gasteiger partial charge in [0.15, 0.2) is 0 Å². The highest BCUT2D eigenvalue weighted by Crippen LogP contribution is 2.35. The smallest absolute Gasteiger partial charge is 0.262 e. The molecule has 0 fully saturated rings. The minimum Gasteiger partial charge on any atom is -0.497 e. The predicted octanol–water partition coefficient (Wildman–Crippen LogP) is 3.48. The molecule has 160 valence electrons. The molecular formula is C23H28N2O4S. The van der Waals surface area contributed by atoms with E-state index in [1.165, 1.54) is 10.4 Å². The van der Waals surface area contributed by atoms with E-state index in [2.05, 4.69) is 11.9 Å². The second kappa shape index (κ2) is 8.88. The van der Waals surface area contributed by atoms with Crippen molar-refractivity contribution in [1.29, 1.82) is 0 Å². The van der Waals surface area contributed by atoms with Gasteiger partial charge in [0.2, 0.25) is 0 Å². The molecule has 30 heavy (non-hydrogen) atoms. The summed E-state index contributed by atoms with van der Waals surface area (Å²) in [6, 6.07) is 7.61. The molecule has 0 bridgehead atoms. The summed E-state index contributed by atoms with van der Waals surface area (Å²) in [6.07, 6.45) is 2.28. The number of aliphatic hydroxyl groups excluding tert-OH is 1. The van der Waals surface area contributed by atoms with Crippen LogP contribution >= 0.6 is 11.3 Å². The van der Waals surface area contributed by atoms with Crippen molar-refractivity contribution in [3.8, 4) is 5.75 Å². The Labute approximate surface area is 180 Å². The number of hydrogen-bond acceptors (Lipinski definition) is 6. The highest BCUT2D eigenvalue weighted by Gasteiger charge is 2.24. The summed E-state index contributed by atoms with van der Waals surface area (Å²) in [7, 11) is 1.63. The lowest BCUT2D eigenvalue weighted by atomic mass is 9.89. The Balaban J connectivity index is 1.45. The van der Waals surface area contributed by atoms with Gasteiger partial charge in [-0.05, 0) is 55.4 Å². The van der Waals surface area contributed by atoms with E-state index in [0.717, 1.165) is 40.8 Å². The molecular weight excluding hydrogens is 400 g/mol. The minimum atomic E-state index is -0.784. The number of ether oxygens (including phenoxy) is 2.